The van der Waals surface area contributed by atoms with Crippen molar-refractivity contribution in [1.29, 1.82) is 0 Å². The summed E-state index contributed by atoms with van der Waals surface area (Å²) in [7, 11) is 0. The number of fused-ring (bicyclic) bond motifs is 2. The lowest BCUT2D eigenvalue weighted by atomic mass is 10.0. The van der Waals surface area contributed by atoms with Crippen molar-refractivity contribution in [3.63, 3.8) is 0 Å². The highest BCUT2D eigenvalue weighted by molar-refractivity contribution is 6.00. The first-order valence-corrected chi connectivity index (χ1v) is 13.6. The van der Waals surface area contributed by atoms with Crippen molar-refractivity contribution in [2.45, 2.75) is 39.0 Å². The van der Waals surface area contributed by atoms with Crippen molar-refractivity contribution in [2.24, 2.45) is 5.92 Å². The molecule has 192 valence electrons. The summed E-state index contributed by atoms with van der Waals surface area (Å²) in [6.07, 6.45) is 23.0. The maximum Gasteiger partial charge on any atom is 0.138 e. The van der Waals surface area contributed by atoms with Gasteiger partial charge < -0.3 is 10.3 Å². The molecule has 6 heteroatoms. The van der Waals surface area contributed by atoms with Gasteiger partial charge >= 0.3 is 0 Å². The molecule has 2 aliphatic rings. The fraction of sp³-hybridized carbons (Fsp3) is 0.281. The molecule has 0 aliphatic heterocycles. The van der Waals surface area contributed by atoms with Crippen molar-refractivity contribution in [2.75, 3.05) is 13.1 Å². The fourth-order valence-electron chi connectivity index (χ4n) is 5.67. The van der Waals surface area contributed by atoms with Gasteiger partial charge in [0.15, 0.2) is 0 Å². The molecule has 0 bridgehead atoms. The summed E-state index contributed by atoms with van der Waals surface area (Å²) in [6, 6.07) is 6.36. The first-order valence-electron chi connectivity index (χ1n) is 13.6. The van der Waals surface area contributed by atoms with Crippen LogP contribution >= 0.6 is 0 Å². The highest BCUT2D eigenvalue weighted by Crippen LogP contribution is 2.33. The highest BCUT2D eigenvalue weighted by atomic mass is 15.1. The normalized spacial score (nSPS) is 16.7. The number of aromatic nitrogens is 5. The Morgan fingerprint density at radius 1 is 1.18 bits per heavy atom. The van der Waals surface area contributed by atoms with E-state index in [2.05, 4.69) is 87.6 Å². The molecular weight excluding hydrogens is 468 g/mol. The van der Waals surface area contributed by atoms with Gasteiger partial charge in [-0.15, -0.1) is 0 Å². The van der Waals surface area contributed by atoms with Crippen LogP contribution in [0.5, 0.6) is 0 Å². The molecule has 2 aliphatic carbocycles. The number of H-pyrrole nitrogens is 2. The summed E-state index contributed by atoms with van der Waals surface area (Å²) in [4.78, 5) is 12.8. The number of pyridine rings is 2. The molecular formula is C32H34N6. The molecule has 6 nitrogen and oxygen atoms in total. The van der Waals surface area contributed by atoms with Crippen LogP contribution in [0.2, 0.25) is 0 Å². The summed E-state index contributed by atoms with van der Waals surface area (Å²) < 4.78 is 0. The maximum absolute atomic E-state index is 4.75. The van der Waals surface area contributed by atoms with Gasteiger partial charge in [-0.05, 0) is 85.2 Å². The van der Waals surface area contributed by atoms with E-state index < -0.39 is 0 Å². The zero-order chi connectivity index (χ0) is 25.9. The van der Waals surface area contributed by atoms with Crippen LogP contribution in [0.3, 0.4) is 0 Å². The topological polar surface area (TPSA) is 82.3 Å². The summed E-state index contributed by atoms with van der Waals surface area (Å²) in [5.41, 5.74) is 9.13. The first kappa shape index (κ1) is 24.3. The first-order chi connectivity index (χ1) is 18.7. The van der Waals surface area contributed by atoms with Gasteiger partial charge in [0.05, 0.1) is 23.1 Å². The van der Waals surface area contributed by atoms with Gasteiger partial charge in [-0.2, -0.15) is 5.10 Å². The largest absolute Gasteiger partial charge is 0.338 e. The number of hydrogen-bond donors (Lipinski definition) is 3. The van der Waals surface area contributed by atoms with Gasteiger partial charge in [0.2, 0.25) is 0 Å². The zero-order valence-electron chi connectivity index (χ0n) is 21.9. The van der Waals surface area contributed by atoms with Crippen LogP contribution < -0.4 is 5.32 Å². The van der Waals surface area contributed by atoms with Gasteiger partial charge in [0, 0.05) is 23.5 Å². The number of allylic oxidation sites excluding steroid dienone is 7. The smallest absolute Gasteiger partial charge is 0.138 e. The van der Waals surface area contributed by atoms with Gasteiger partial charge in [0.25, 0.3) is 0 Å². The number of rotatable bonds is 9. The van der Waals surface area contributed by atoms with E-state index >= 15 is 0 Å². The van der Waals surface area contributed by atoms with Crippen molar-refractivity contribution in [3.05, 3.63) is 90.5 Å². The average molecular weight is 503 g/mol. The molecule has 0 aromatic carbocycles. The summed E-state index contributed by atoms with van der Waals surface area (Å²) >= 11 is 0. The van der Waals surface area contributed by atoms with Crippen molar-refractivity contribution in [3.8, 4) is 11.4 Å². The molecule has 1 saturated carbocycles. The molecule has 4 aromatic heterocycles. The third-order valence-corrected chi connectivity index (χ3v) is 7.76. The Morgan fingerprint density at radius 2 is 2.08 bits per heavy atom. The monoisotopic (exact) mass is 502 g/mol. The Hall–Kier alpha value is -4.03. The van der Waals surface area contributed by atoms with E-state index in [-0.39, 0.29) is 0 Å². The van der Waals surface area contributed by atoms with Crippen LogP contribution in [0.4, 0.5) is 0 Å². The van der Waals surface area contributed by atoms with Crippen LogP contribution in [0.15, 0.2) is 79.2 Å². The Labute approximate surface area is 223 Å². The Kier molecular flexibility index (Phi) is 6.88. The van der Waals surface area contributed by atoms with Crippen LogP contribution in [0.1, 0.15) is 50.3 Å². The predicted octanol–water partition coefficient (Wildman–Crippen LogP) is 7.14. The third kappa shape index (κ3) is 4.79. The van der Waals surface area contributed by atoms with Gasteiger partial charge in [-0.1, -0.05) is 49.8 Å². The molecule has 38 heavy (non-hydrogen) atoms. The second kappa shape index (κ2) is 10.8. The van der Waals surface area contributed by atoms with Gasteiger partial charge in [0.1, 0.15) is 11.3 Å². The minimum absolute atomic E-state index is 0.812. The second-order valence-electron chi connectivity index (χ2n) is 10.2. The average Bonchev–Trinajstić information content (AvgIpc) is 3.76. The minimum Gasteiger partial charge on any atom is -0.338 e. The minimum atomic E-state index is 0.812. The van der Waals surface area contributed by atoms with Crippen molar-refractivity contribution < 1.29 is 0 Å². The van der Waals surface area contributed by atoms with E-state index in [0.717, 1.165) is 75.6 Å². The van der Waals surface area contributed by atoms with E-state index in [1.807, 2.05) is 18.5 Å². The van der Waals surface area contributed by atoms with E-state index in [1.165, 1.54) is 36.8 Å². The van der Waals surface area contributed by atoms with Crippen LogP contribution in [0, 0.1) is 5.92 Å². The lowest BCUT2D eigenvalue weighted by Crippen LogP contribution is -2.23. The third-order valence-electron chi connectivity index (χ3n) is 7.76. The van der Waals surface area contributed by atoms with Gasteiger partial charge in [-0.25, -0.2) is 4.98 Å². The van der Waals surface area contributed by atoms with E-state index in [4.69, 9.17) is 4.98 Å². The maximum atomic E-state index is 4.75. The lowest BCUT2D eigenvalue weighted by molar-refractivity contribution is 0.503. The molecule has 0 spiro atoms. The molecule has 6 rings (SSSR count). The van der Waals surface area contributed by atoms with E-state index in [9.17, 15) is 0 Å². The SMILES string of the molecule is C=C/C(=C\C(=C/C)c1cc2c(-c3cc4c(C5=CCC=C5)ccnc4[nH]3)n[nH]c2cn1)CNCC1CCCC1. The summed E-state index contributed by atoms with van der Waals surface area (Å²) in [6.45, 7) is 8.00. The number of nitrogens with zero attached hydrogens (tertiary/aromatic N) is 3. The molecule has 4 aromatic rings. The Bertz CT molecular complexity index is 1600. The predicted molar refractivity (Wildman–Crippen MR) is 157 cm³/mol. The molecule has 0 atom stereocenters. The summed E-state index contributed by atoms with van der Waals surface area (Å²) in [5, 5.41) is 13.6. The Balaban J connectivity index is 1.30. The van der Waals surface area contributed by atoms with Crippen LogP contribution in [-0.4, -0.2) is 38.2 Å². The number of nitrogens with one attached hydrogen (secondary N) is 3. The van der Waals surface area contributed by atoms with Gasteiger partial charge in [-0.3, -0.25) is 10.1 Å². The quantitative estimate of drug-likeness (QED) is 0.212. The lowest BCUT2D eigenvalue weighted by Gasteiger charge is -2.11. The van der Waals surface area contributed by atoms with Crippen LogP contribution in [0.25, 0.3) is 44.5 Å². The van der Waals surface area contributed by atoms with Crippen LogP contribution in [-0.2, 0) is 0 Å². The second-order valence-corrected chi connectivity index (χ2v) is 10.2. The van der Waals surface area contributed by atoms with E-state index in [0.29, 0.717) is 0 Å². The van der Waals surface area contributed by atoms with E-state index in [1.54, 1.807) is 0 Å². The number of aromatic amines is 2. The van der Waals surface area contributed by atoms with Crippen molar-refractivity contribution >= 4 is 33.1 Å². The summed E-state index contributed by atoms with van der Waals surface area (Å²) in [5.74, 6) is 0.813. The fourth-order valence-corrected chi connectivity index (χ4v) is 5.67. The zero-order valence-corrected chi connectivity index (χ0v) is 21.9. The molecule has 0 radical (unpaired) electrons. The van der Waals surface area contributed by atoms with Crippen molar-refractivity contribution in [1.82, 2.24) is 30.5 Å². The Morgan fingerprint density at radius 3 is 2.87 bits per heavy atom. The molecule has 1 fully saturated rings. The molecule has 0 saturated heterocycles. The standard InChI is InChI=1S/C32H34N6/c1-3-21(18-33-19-22-9-5-6-10-22)15-23(4-2)28-17-27-30(20-35-28)37-38-31(27)29-16-26-25(24-11-7-8-12-24)13-14-34-32(26)36-29/h3-4,7,11-17,20,22,33H,1,5-6,8-10,18-19H2,2H3,(H,34,36)(H,37,38)/b21-15+,23-4+. The number of hydrogen-bond acceptors (Lipinski definition) is 4. The molecule has 0 amide bonds. The molecule has 4 heterocycles. The highest BCUT2D eigenvalue weighted by Gasteiger charge is 2.17. The molecule has 3 N–H and O–H groups in total. The molecule has 0 unspecified atom stereocenters.